The van der Waals surface area contributed by atoms with Crippen molar-refractivity contribution in [3.8, 4) is 5.75 Å². The van der Waals surface area contributed by atoms with Gasteiger partial charge in [-0.15, -0.1) is 0 Å². The van der Waals surface area contributed by atoms with Crippen LogP contribution in [0.5, 0.6) is 5.75 Å². The van der Waals surface area contributed by atoms with E-state index < -0.39 is 0 Å². The quantitative estimate of drug-likeness (QED) is 0.635. The maximum Gasteiger partial charge on any atom is 0.258 e. The Kier molecular flexibility index (Phi) is 5.14. The Bertz CT molecular complexity index is 814. The van der Waals surface area contributed by atoms with E-state index in [0.29, 0.717) is 30.1 Å². The van der Waals surface area contributed by atoms with Gasteiger partial charge in [-0.3, -0.25) is 4.79 Å². The molecule has 2 aromatic rings. The molecule has 0 saturated carbocycles. The number of ether oxygens (including phenoxy) is 1. The van der Waals surface area contributed by atoms with E-state index in [0.717, 1.165) is 23.1 Å². The molecule has 4 N–H and O–H groups in total. The molecule has 1 aliphatic rings. The molecule has 0 spiro atoms. The fraction of sp³-hybridized carbons (Fsp3) is 0.250. The summed E-state index contributed by atoms with van der Waals surface area (Å²) < 4.78 is 5.37. The number of nitrogens with two attached hydrogens (primary N) is 2. The van der Waals surface area contributed by atoms with Gasteiger partial charge >= 0.3 is 0 Å². The summed E-state index contributed by atoms with van der Waals surface area (Å²) in [5.74, 6) is 6.23. The number of methoxy groups -OCH3 is 1. The van der Waals surface area contributed by atoms with Crippen molar-refractivity contribution in [1.82, 2.24) is 9.91 Å². The van der Waals surface area contributed by atoms with E-state index >= 15 is 0 Å². The van der Waals surface area contributed by atoms with Gasteiger partial charge in [-0.2, -0.15) is 0 Å². The van der Waals surface area contributed by atoms with E-state index in [1.807, 2.05) is 47.4 Å². The van der Waals surface area contributed by atoms with E-state index in [2.05, 4.69) is 0 Å². The highest BCUT2D eigenvalue weighted by Gasteiger charge is 2.27. The molecule has 6 heteroatoms. The van der Waals surface area contributed by atoms with Crippen LogP contribution < -0.4 is 16.3 Å². The first-order valence-corrected chi connectivity index (χ1v) is 8.49. The molecule has 0 fully saturated rings. The summed E-state index contributed by atoms with van der Waals surface area (Å²) >= 11 is 0. The van der Waals surface area contributed by atoms with Crippen LogP contribution >= 0.6 is 0 Å². The Morgan fingerprint density at radius 3 is 2.65 bits per heavy atom. The first-order chi connectivity index (χ1) is 12.5. The number of hydrogen-bond donors (Lipinski definition) is 2. The van der Waals surface area contributed by atoms with E-state index in [9.17, 15) is 4.79 Å². The first kappa shape index (κ1) is 17.8. The average molecular weight is 352 g/mol. The number of carbonyl (C=O) groups excluding carboxylic acids is 1. The normalized spacial score (nSPS) is 14.2. The molecule has 0 unspecified atom stereocenters. The highest BCUT2D eigenvalue weighted by Crippen LogP contribution is 2.28. The van der Waals surface area contributed by atoms with Crippen molar-refractivity contribution in [2.45, 2.75) is 13.0 Å². The molecule has 1 amide bonds. The lowest BCUT2D eigenvalue weighted by atomic mass is 9.97. The zero-order chi connectivity index (χ0) is 18.7. The van der Waals surface area contributed by atoms with Crippen molar-refractivity contribution in [2.75, 3.05) is 20.7 Å². The maximum atomic E-state index is 12.9. The van der Waals surface area contributed by atoms with Crippen LogP contribution in [0.2, 0.25) is 0 Å². The molecule has 26 heavy (non-hydrogen) atoms. The van der Waals surface area contributed by atoms with Gasteiger partial charge in [-0.1, -0.05) is 36.4 Å². The molecule has 0 atom stereocenters. The molecule has 2 aromatic carbocycles. The smallest absolute Gasteiger partial charge is 0.258 e. The molecule has 0 radical (unpaired) electrons. The number of nitrogens with zero attached hydrogens (tertiary/aromatic N) is 2. The summed E-state index contributed by atoms with van der Waals surface area (Å²) in [5.41, 5.74) is 10.3. The van der Waals surface area contributed by atoms with Crippen LogP contribution in [0.1, 0.15) is 27.0 Å². The zero-order valence-electron chi connectivity index (χ0n) is 15.1. The summed E-state index contributed by atoms with van der Waals surface area (Å²) in [4.78, 5) is 14.7. The van der Waals surface area contributed by atoms with Gasteiger partial charge in [0.2, 0.25) is 0 Å². The molecule has 0 saturated heterocycles. The van der Waals surface area contributed by atoms with Crippen LogP contribution in [0.15, 0.2) is 48.7 Å². The highest BCUT2D eigenvalue weighted by molar-refractivity contribution is 5.99. The largest absolute Gasteiger partial charge is 0.496 e. The van der Waals surface area contributed by atoms with Crippen LogP contribution in [-0.2, 0) is 13.0 Å². The molecule has 1 aliphatic heterocycles. The lowest BCUT2D eigenvalue weighted by molar-refractivity contribution is 0.0723. The van der Waals surface area contributed by atoms with Gasteiger partial charge in [0.1, 0.15) is 5.75 Å². The minimum absolute atomic E-state index is 0.0111. The molecule has 6 nitrogen and oxygen atoms in total. The summed E-state index contributed by atoms with van der Waals surface area (Å²) in [6.45, 7) is 1.25. The minimum atomic E-state index is 0.0111. The number of fused-ring (bicyclic) bond motifs is 1. The molecule has 0 aliphatic carbocycles. The van der Waals surface area contributed by atoms with Gasteiger partial charge in [-0.25, -0.2) is 5.84 Å². The fourth-order valence-corrected chi connectivity index (χ4v) is 3.18. The van der Waals surface area contributed by atoms with E-state index in [1.165, 1.54) is 5.01 Å². The third-order valence-corrected chi connectivity index (χ3v) is 4.49. The number of benzene rings is 2. The third kappa shape index (κ3) is 3.65. The predicted octanol–water partition coefficient (Wildman–Crippen LogP) is 1.96. The van der Waals surface area contributed by atoms with Crippen molar-refractivity contribution >= 4 is 11.6 Å². The van der Waals surface area contributed by atoms with Crippen LogP contribution in [0.3, 0.4) is 0 Å². The Hall–Kier alpha value is -2.99. The second-order valence-electron chi connectivity index (χ2n) is 6.42. The Morgan fingerprint density at radius 1 is 1.27 bits per heavy atom. The second-order valence-corrected chi connectivity index (χ2v) is 6.42. The predicted molar refractivity (Wildman–Crippen MR) is 102 cm³/mol. The first-order valence-electron chi connectivity index (χ1n) is 8.49. The second kappa shape index (κ2) is 7.49. The zero-order valence-corrected chi connectivity index (χ0v) is 15.1. The lowest BCUT2D eigenvalue weighted by Gasteiger charge is -2.29. The lowest BCUT2D eigenvalue weighted by Crippen LogP contribution is -2.37. The van der Waals surface area contributed by atoms with Crippen molar-refractivity contribution in [1.29, 1.82) is 0 Å². The Balaban J connectivity index is 1.77. The summed E-state index contributed by atoms with van der Waals surface area (Å²) in [6, 6.07) is 13.6. The molecular weight excluding hydrogens is 328 g/mol. The SMILES string of the molecule is COc1cccc2c1C(=O)N(Cc1ccc(/C(N)=C/N(C)N)cc1)CC2. The minimum Gasteiger partial charge on any atom is -0.496 e. The number of hydrogen-bond acceptors (Lipinski definition) is 5. The van der Waals surface area contributed by atoms with Crippen molar-refractivity contribution in [3.63, 3.8) is 0 Å². The maximum absolute atomic E-state index is 12.9. The number of amides is 1. The van der Waals surface area contributed by atoms with Crippen molar-refractivity contribution in [3.05, 3.63) is 70.9 Å². The standard InChI is InChI=1S/C20H24N4O2/c1-23(22)13-17(21)15-8-6-14(7-9-15)12-24-11-10-16-4-3-5-18(26-2)19(16)20(24)25/h3-9,13H,10-12,21-22H2,1-2H3/b17-13-. The van der Waals surface area contributed by atoms with E-state index in [-0.39, 0.29) is 5.91 Å². The van der Waals surface area contributed by atoms with Crippen molar-refractivity contribution in [2.24, 2.45) is 11.6 Å². The summed E-state index contributed by atoms with van der Waals surface area (Å²) in [7, 11) is 3.31. The number of carbonyl (C=O) groups is 1. The molecule has 3 rings (SSSR count). The molecule has 1 heterocycles. The van der Waals surface area contributed by atoms with Gasteiger partial charge in [-0.05, 0) is 29.2 Å². The average Bonchev–Trinajstić information content (AvgIpc) is 2.63. The van der Waals surface area contributed by atoms with Crippen LogP contribution in [-0.4, -0.2) is 36.5 Å². The fourth-order valence-electron chi connectivity index (χ4n) is 3.18. The van der Waals surface area contributed by atoms with Crippen LogP contribution in [0.25, 0.3) is 5.70 Å². The summed E-state index contributed by atoms with van der Waals surface area (Å²) in [6.07, 6.45) is 2.49. The summed E-state index contributed by atoms with van der Waals surface area (Å²) in [5, 5.41) is 1.42. The number of hydrazine groups is 1. The third-order valence-electron chi connectivity index (χ3n) is 4.49. The Labute approximate surface area is 153 Å². The van der Waals surface area contributed by atoms with Crippen LogP contribution in [0.4, 0.5) is 0 Å². The van der Waals surface area contributed by atoms with Gasteiger partial charge in [0.05, 0.1) is 18.4 Å². The van der Waals surface area contributed by atoms with Gasteiger partial charge in [0.15, 0.2) is 0 Å². The molecule has 0 aromatic heterocycles. The molecule has 0 bridgehead atoms. The van der Waals surface area contributed by atoms with Crippen LogP contribution in [0, 0.1) is 0 Å². The van der Waals surface area contributed by atoms with Gasteiger partial charge in [0, 0.05) is 26.3 Å². The van der Waals surface area contributed by atoms with Crippen molar-refractivity contribution < 1.29 is 9.53 Å². The Morgan fingerprint density at radius 2 is 2.00 bits per heavy atom. The number of rotatable bonds is 5. The van der Waals surface area contributed by atoms with Gasteiger partial charge < -0.3 is 20.4 Å². The highest BCUT2D eigenvalue weighted by atomic mass is 16.5. The van der Waals surface area contributed by atoms with E-state index in [1.54, 1.807) is 20.4 Å². The topological polar surface area (TPSA) is 84.8 Å². The monoisotopic (exact) mass is 352 g/mol. The van der Waals surface area contributed by atoms with E-state index in [4.69, 9.17) is 16.3 Å². The van der Waals surface area contributed by atoms with Gasteiger partial charge in [0.25, 0.3) is 5.91 Å². The molecular formula is C20H24N4O2. The molecule has 136 valence electrons.